The first-order chi connectivity index (χ1) is 15.3. The average molecular weight is 440 g/mol. The third-order valence-electron chi connectivity index (χ3n) is 4.47. The van der Waals surface area contributed by atoms with Crippen LogP contribution in [0, 0.1) is 5.92 Å². The molecule has 0 radical (unpaired) electrons. The smallest absolute Gasteiger partial charge is 0.408 e. The van der Waals surface area contributed by atoms with Crippen LogP contribution in [-0.4, -0.2) is 42.8 Å². The van der Waals surface area contributed by atoms with Crippen LogP contribution in [-0.2, 0) is 20.9 Å². The van der Waals surface area contributed by atoms with Crippen molar-refractivity contribution in [3.05, 3.63) is 71.8 Å². The molecule has 0 aliphatic rings. The number of carbonyl (C=O) groups excluding carboxylic acids is 4. The Morgan fingerprint density at radius 2 is 1.44 bits per heavy atom. The highest BCUT2D eigenvalue weighted by atomic mass is 16.5. The summed E-state index contributed by atoms with van der Waals surface area (Å²) in [6.07, 6.45) is -0.332. The number of hydrogen-bond acceptors (Lipinski definition) is 5. The molecule has 0 fully saturated rings. The predicted octanol–water partition coefficient (Wildman–Crippen LogP) is 2.44. The molecule has 3 N–H and O–H groups in total. The van der Waals surface area contributed by atoms with E-state index in [1.54, 1.807) is 30.3 Å². The number of ketones is 1. The first kappa shape index (κ1) is 24.6. The third kappa shape index (κ3) is 8.99. The number of hydrogen-bond donors (Lipinski definition) is 3. The lowest BCUT2D eigenvalue weighted by Crippen LogP contribution is -2.49. The maximum atomic E-state index is 12.5. The van der Waals surface area contributed by atoms with Gasteiger partial charge in [-0.05, 0) is 30.0 Å². The Labute approximate surface area is 187 Å². The van der Waals surface area contributed by atoms with Gasteiger partial charge in [-0.25, -0.2) is 4.79 Å². The molecule has 0 aromatic heterocycles. The molecule has 2 aromatic rings. The van der Waals surface area contributed by atoms with Crippen molar-refractivity contribution in [2.24, 2.45) is 5.92 Å². The molecule has 0 saturated carbocycles. The SMILES string of the molecule is CC(C)C[C@H](NC(=O)OCc1ccccc1)C(=O)NCC(=O)CNC(=O)c1ccccc1. The number of nitrogens with one attached hydrogen (secondary N) is 3. The van der Waals surface area contributed by atoms with Crippen LogP contribution in [0.3, 0.4) is 0 Å². The Hall–Kier alpha value is -3.68. The van der Waals surface area contributed by atoms with Crippen LogP contribution in [0.15, 0.2) is 60.7 Å². The lowest BCUT2D eigenvalue weighted by atomic mass is 10.0. The van der Waals surface area contributed by atoms with Gasteiger partial charge >= 0.3 is 6.09 Å². The molecule has 32 heavy (non-hydrogen) atoms. The van der Waals surface area contributed by atoms with E-state index in [9.17, 15) is 19.2 Å². The molecule has 0 spiro atoms. The van der Waals surface area contributed by atoms with Crippen molar-refractivity contribution in [1.29, 1.82) is 0 Å². The van der Waals surface area contributed by atoms with Gasteiger partial charge in [-0.1, -0.05) is 62.4 Å². The van der Waals surface area contributed by atoms with E-state index in [1.165, 1.54) is 0 Å². The summed E-state index contributed by atoms with van der Waals surface area (Å²) in [4.78, 5) is 48.7. The number of rotatable bonds is 11. The molecule has 8 heteroatoms. The number of amides is 3. The number of Topliss-reactive ketones (excluding diaryl/α,β-unsaturated/α-hetero) is 1. The van der Waals surface area contributed by atoms with Gasteiger partial charge in [0.25, 0.3) is 5.91 Å². The molecule has 3 amide bonds. The van der Waals surface area contributed by atoms with Crippen molar-refractivity contribution in [1.82, 2.24) is 16.0 Å². The lowest BCUT2D eigenvalue weighted by molar-refractivity contribution is -0.126. The fourth-order valence-corrected chi connectivity index (χ4v) is 2.85. The van der Waals surface area contributed by atoms with Gasteiger partial charge < -0.3 is 20.7 Å². The van der Waals surface area contributed by atoms with E-state index in [-0.39, 0.29) is 37.3 Å². The van der Waals surface area contributed by atoms with Crippen LogP contribution < -0.4 is 16.0 Å². The van der Waals surface area contributed by atoms with Crippen LogP contribution >= 0.6 is 0 Å². The zero-order valence-corrected chi connectivity index (χ0v) is 18.3. The summed E-state index contributed by atoms with van der Waals surface area (Å²) in [7, 11) is 0. The van der Waals surface area contributed by atoms with Gasteiger partial charge in [0, 0.05) is 5.56 Å². The lowest BCUT2D eigenvalue weighted by Gasteiger charge is -2.20. The minimum absolute atomic E-state index is 0.0856. The van der Waals surface area contributed by atoms with Crippen LogP contribution in [0.25, 0.3) is 0 Å². The fourth-order valence-electron chi connectivity index (χ4n) is 2.85. The quantitative estimate of drug-likeness (QED) is 0.498. The van der Waals surface area contributed by atoms with Gasteiger partial charge in [-0.3, -0.25) is 14.4 Å². The summed E-state index contributed by atoms with van der Waals surface area (Å²) in [5, 5.41) is 7.60. The zero-order chi connectivity index (χ0) is 23.3. The maximum Gasteiger partial charge on any atom is 0.408 e. The van der Waals surface area contributed by atoms with Crippen LogP contribution in [0.1, 0.15) is 36.2 Å². The summed E-state index contributed by atoms with van der Waals surface area (Å²) < 4.78 is 5.18. The predicted molar refractivity (Wildman–Crippen MR) is 120 cm³/mol. The Balaban J connectivity index is 1.78. The van der Waals surface area contributed by atoms with E-state index < -0.39 is 18.0 Å². The highest BCUT2D eigenvalue weighted by Gasteiger charge is 2.23. The maximum absolute atomic E-state index is 12.5. The first-order valence-corrected chi connectivity index (χ1v) is 10.4. The highest BCUT2D eigenvalue weighted by Crippen LogP contribution is 2.06. The Morgan fingerprint density at radius 3 is 2.06 bits per heavy atom. The van der Waals surface area contributed by atoms with Crippen molar-refractivity contribution >= 4 is 23.7 Å². The average Bonchev–Trinajstić information content (AvgIpc) is 2.80. The minimum atomic E-state index is -0.843. The van der Waals surface area contributed by atoms with Gasteiger partial charge in [0.2, 0.25) is 5.91 Å². The summed E-state index contributed by atoms with van der Waals surface area (Å²) in [5.41, 5.74) is 1.27. The van der Waals surface area contributed by atoms with Gasteiger partial charge in [-0.2, -0.15) is 0 Å². The molecule has 0 aliphatic heterocycles. The third-order valence-corrected chi connectivity index (χ3v) is 4.47. The van der Waals surface area contributed by atoms with Gasteiger partial charge in [0.15, 0.2) is 5.78 Å². The van der Waals surface area contributed by atoms with Crippen molar-refractivity contribution in [2.75, 3.05) is 13.1 Å². The van der Waals surface area contributed by atoms with E-state index in [1.807, 2.05) is 44.2 Å². The normalized spacial score (nSPS) is 11.3. The molecule has 0 bridgehead atoms. The fraction of sp³-hybridized carbons (Fsp3) is 0.333. The standard InChI is InChI=1S/C24H29N3O5/c1-17(2)13-21(27-24(31)32-16-18-9-5-3-6-10-18)23(30)26-15-20(28)14-25-22(29)19-11-7-4-8-12-19/h3-12,17,21H,13-16H2,1-2H3,(H,25,29)(H,26,30)(H,27,31)/t21-/m0/s1. The van der Waals surface area contributed by atoms with Gasteiger partial charge in [0.1, 0.15) is 12.6 Å². The molecule has 170 valence electrons. The van der Waals surface area contributed by atoms with Crippen molar-refractivity contribution in [3.8, 4) is 0 Å². The van der Waals surface area contributed by atoms with E-state index in [0.717, 1.165) is 5.56 Å². The Morgan fingerprint density at radius 1 is 0.844 bits per heavy atom. The second-order valence-electron chi connectivity index (χ2n) is 7.69. The van der Waals surface area contributed by atoms with E-state index in [0.29, 0.717) is 12.0 Å². The van der Waals surface area contributed by atoms with Crippen molar-refractivity contribution < 1.29 is 23.9 Å². The van der Waals surface area contributed by atoms with Gasteiger partial charge in [-0.15, -0.1) is 0 Å². The summed E-state index contributed by atoms with van der Waals surface area (Å²) in [6, 6.07) is 16.9. The van der Waals surface area contributed by atoms with E-state index >= 15 is 0 Å². The molecule has 2 rings (SSSR count). The molecule has 0 heterocycles. The number of carbonyl (C=O) groups is 4. The second-order valence-corrected chi connectivity index (χ2v) is 7.69. The van der Waals surface area contributed by atoms with Crippen LogP contribution in [0.4, 0.5) is 4.79 Å². The molecule has 0 unspecified atom stereocenters. The molecule has 8 nitrogen and oxygen atoms in total. The van der Waals surface area contributed by atoms with Crippen LogP contribution in [0.2, 0.25) is 0 Å². The van der Waals surface area contributed by atoms with Crippen LogP contribution in [0.5, 0.6) is 0 Å². The minimum Gasteiger partial charge on any atom is -0.445 e. The van der Waals surface area contributed by atoms with Crippen molar-refractivity contribution in [2.45, 2.75) is 32.9 Å². The largest absolute Gasteiger partial charge is 0.445 e. The second kappa shape index (κ2) is 12.9. The van der Waals surface area contributed by atoms with Gasteiger partial charge in [0.05, 0.1) is 13.1 Å². The molecular formula is C24H29N3O5. The molecule has 0 aliphatic carbocycles. The summed E-state index contributed by atoms with van der Waals surface area (Å²) >= 11 is 0. The molecule has 1 atom stereocenters. The number of ether oxygens (including phenoxy) is 1. The number of benzene rings is 2. The Kier molecular flexibility index (Phi) is 9.90. The monoisotopic (exact) mass is 439 g/mol. The molecular weight excluding hydrogens is 410 g/mol. The molecule has 0 saturated heterocycles. The highest BCUT2D eigenvalue weighted by molar-refractivity contribution is 5.97. The zero-order valence-electron chi connectivity index (χ0n) is 18.3. The summed E-state index contributed by atoms with van der Waals surface area (Å²) in [5.74, 6) is -1.09. The van der Waals surface area contributed by atoms with E-state index in [2.05, 4.69) is 16.0 Å². The summed E-state index contributed by atoms with van der Waals surface area (Å²) in [6.45, 7) is 3.45. The van der Waals surface area contributed by atoms with Crippen molar-refractivity contribution in [3.63, 3.8) is 0 Å². The number of alkyl carbamates (subject to hydrolysis) is 1. The van der Waals surface area contributed by atoms with E-state index in [4.69, 9.17) is 4.74 Å². The Bertz CT molecular complexity index is 900. The first-order valence-electron chi connectivity index (χ1n) is 10.4. The topological polar surface area (TPSA) is 114 Å². The molecule has 2 aromatic carbocycles.